The molecule has 5 heteroatoms. The van der Waals surface area contributed by atoms with E-state index >= 15 is 0 Å². The number of hydrogen-bond acceptors (Lipinski definition) is 5. The number of benzene rings is 1. The lowest BCUT2D eigenvalue weighted by molar-refractivity contribution is 0.417. The summed E-state index contributed by atoms with van der Waals surface area (Å²) in [5, 5.41) is 0.987. The largest absolute Gasteiger partial charge is 0.490 e. The van der Waals surface area contributed by atoms with Crippen molar-refractivity contribution in [2.24, 2.45) is 0 Å². The van der Waals surface area contributed by atoms with Crippen LogP contribution < -0.4 is 15.4 Å². The zero-order valence-corrected chi connectivity index (χ0v) is 11.4. The van der Waals surface area contributed by atoms with Crippen LogP contribution in [0.25, 0.3) is 0 Å². The van der Waals surface area contributed by atoms with E-state index in [4.69, 9.17) is 10.5 Å². The minimum absolute atomic E-state index is 0.462. The molecular weight excluding hydrogens is 246 g/mol. The van der Waals surface area contributed by atoms with Gasteiger partial charge in [-0.05, 0) is 24.0 Å². The van der Waals surface area contributed by atoms with Crippen molar-refractivity contribution in [3.63, 3.8) is 0 Å². The van der Waals surface area contributed by atoms with Crippen molar-refractivity contribution in [1.82, 2.24) is 4.37 Å². The summed E-state index contributed by atoms with van der Waals surface area (Å²) >= 11 is 1.38. The average molecular weight is 263 g/mol. The maximum atomic E-state index is 5.79. The molecule has 96 valence electrons. The van der Waals surface area contributed by atoms with Crippen molar-refractivity contribution in [3.05, 3.63) is 35.9 Å². The van der Waals surface area contributed by atoms with E-state index in [2.05, 4.69) is 28.3 Å². The van der Waals surface area contributed by atoms with Gasteiger partial charge in [-0.3, -0.25) is 0 Å². The molecule has 0 saturated heterocycles. The van der Waals surface area contributed by atoms with Crippen molar-refractivity contribution < 1.29 is 4.74 Å². The van der Waals surface area contributed by atoms with Crippen molar-refractivity contribution >= 4 is 22.4 Å². The van der Waals surface area contributed by atoms with Crippen LogP contribution in [0.1, 0.15) is 12.5 Å². The summed E-state index contributed by atoms with van der Waals surface area (Å²) in [7, 11) is 1.62. The molecule has 0 radical (unpaired) electrons. The number of rotatable bonds is 5. The molecule has 0 spiro atoms. The van der Waals surface area contributed by atoms with E-state index in [1.54, 1.807) is 7.11 Å². The topological polar surface area (TPSA) is 51.4 Å². The first-order chi connectivity index (χ1) is 8.76. The van der Waals surface area contributed by atoms with Crippen LogP contribution in [0.3, 0.4) is 0 Å². The minimum Gasteiger partial charge on any atom is -0.490 e. The van der Waals surface area contributed by atoms with Gasteiger partial charge in [0.05, 0.1) is 7.11 Å². The molecule has 1 aromatic heterocycles. The van der Waals surface area contributed by atoms with Gasteiger partial charge in [0, 0.05) is 13.1 Å². The third kappa shape index (κ3) is 2.56. The molecule has 2 N–H and O–H groups in total. The quantitative estimate of drug-likeness (QED) is 0.901. The number of hydrogen-bond donors (Lipinski definition) is 1. The molecule has 1 heterocycles. The van der Waals surface area contributed by atoms with Crippen LogP contribution in [0.15, 0.2) is 30.3 Å². The molecule has 0 fully saturated rings. The summed E-state index contributed by atoms with van der Waals surface area (Å²) in [5.41, 5.74) is 7.04. The second-order valence-corrected chi connectivity index (χ2v) is 4.66. The Kier molecular flexibility index (Phi) is 4.04. The second-order valence-electron chi connectivity index (χ2n) is 3.91. The molecule has 0 amide bonds. The Morgan fingerprint density at radius 3 is 2.67 bits per heavy atom. The van der Waals surface area contributed by atoms with Gasteiger partial charge in [-0.2, -0.15) is 4.37 Å². The third-order valence-electron chi connectivity index (χ3n) is 2.75. The zero-order chi connectivity index (χ0) is 13.0. The summed E-state index contributed by atoms with van der Waals surface area (Å²) in [4.78, 5) is 2.21. The first kappa shape index (κ1) is 12.7. The highest BCUT2D eigenvalue weighted by molar-refractivity contribution is 7.11. The fraction of sp³-hybridized carbons (Fsp3) is 0.308. The molecule has 0 aliphatic carbocycles. The highest BCUT2D eigenvalue weighted by Gasteiger charge is 2.17. The van der Waals surface area contributed by atoms with Gasteiger partial charge < -0.3 is 15.4 Å². The number of nitrogens with zero attached hydrogens (tertiary/aromatic N) is 2. The van der Waals surface area contributed by atoms with Gasteiger partial charge in [-0.1, -0.05) is 30.3 Å². The molecule has 4 nitrogen and oxygen atoms in total. The lowest BCUT2D eigenvalue weighted by atomic mass is 10.2. The highest BCUT2D eigenvalue weighted by Crippen LogP contribution is 2.38. The van der Waals surface area contributed by atoms with Crippen LogP contribution >= 0.6 is 11.5 Å². The smallest absolute Gasteiger partial charge is 0.197 e. The van der Waals surface area contributed by atoms with Gasteiger partial charge in [-0.25, -0.2) is 0 Å². The zero-order valence-electron chi connectivity index (χ0n) is 10.6. The minimum atomic E-state index is 0.462. The predicted octanol–water partition coefficient (Wildman–Crippen LogP) is 2.76. The van der Waals surface area contributed by atoms with Crippen LogP contribution in [0.2, 0.25) is 0 Å². The first-order valence-electron chi connectivity index (χ1n) is 5.84. The van der Waals surface area contributed by atoms with Crippen LogP contribution in [0.4, 0.5) is 10.8 Å². The Morgan fingerprint density at radius 2 is 2.06 bits per heavy atom. The highest BCUT2D eigenvalue weighted by atomic mass is 32.1. The number of ether oxygens (including phenoxy) is 1. The molecular formula is C13H17N3OS. The number of nitrogens with two attached hydrogens (primary N) is 1. The lowest BCUT2D eigenvalue weighted by Crippen LogP contribution is -2.21. The van der Waals surface area contributed by atoms with E-state index in [1.807, 2.05) is 18.2 Å². The number of aromatic nitrogens is 1. The Labute approximate surface area is 111 Å². The van der Waals surface area contributed by atoms with E-state index < -0.39 is 0 Å². The van der Waals surface area contributed by atoms with E-state index in [-0.39, 0.29) is 0 Å². The summed E-state index contributed by atoms with van der Waals surface area (Å²) in [6, 6.07) is 10.3. The van der Waals surface area contributed by atoms with Crippen molar-refractivity contribution in [1.29, 1.82) is 0 Å². The van der Waals surface area contributed by atoms with E-state index in [0.29, 0.717) is 11.6 Å². The van der Waals surface area contributed by atoms with Gasteiger partial charge in [-0.15, -0.1) is 0 Å². The Balaban J connectivity index is 2.23. The van der Waals surface area contributed by atoms with Gasteiger partial charge in [0.1, 0.15) is 0 Å². The molecule has 2 aromatic rings. The first-order valence-corrected chi connectivity index (χ1v) is 6.61. The van der Waals surface area contributed by atoms with E-state index in [1.165, 1.54) is 17.1 Å². The maximum absolute atomic E-state index is 5.79. The number of methoxy groups -OCH3 is 1. The Hall–Kier alpha value is -1.75. The van der Waals surface area contributed by atoms with Crippen LogP contribution in [-0.4, -0.2) is 18.0 Å². The Bertz CT molecular complexity index is 498. The molecule has 18 heavy (non-hydrogen) atoms. The van der Waals surface area contributed by atoms with Crippen LogP contribution in [0, 0.1) is 0 Å². The van der Waals surface area contributed by atoms with Crippen molar-refractivity contribution in [2.45, 2.75) is 13.5 Å². The van der Waals surface area contributed by atoms with Gasteiger partial charge in [0.2, 0.25) is 0 Å². The molecule has 0 aliphatic heterocycles. The summed E-state index contributed by atoms with van der Waals surface area (Å²) in [6.07, 6.45) is 0. The van der Waals surface area contributed by atoms with Gasteiger partial charge in [0.15, 0.2) is 16.6 Å². The molecule has 0 unspecified atom stereocenters. The summed E-state index contributed by atoms with van der Waals surface area (Å²) < 4.78 is 9.47. The SMILES string of the molecule is CCN(Cc1ccccc1)c1snc(N)c1OC. The lowest BCUT2D eigenvalue weighted by Gasteiger charge is -2.21. The molecule has 2 rings (SSSR count). The summed E-state index contributed by atoms with van der Waals surface area (Å²) in [6.45, 7) is 3.82. The number of nitrogen functional groups attached to an aromatic ring is 1. The van der Waals surface area contributed by atoms with E-state index in [0.717, 1.165) is 18.1 Å². The standard InChI is InChI=1S/C13H17N3OS/c1-3-16(9-10-7-5-4-6-8-10)13-11(17-2)12(14)15-18-13/h4-8H,3,9H2,1-2H3,(H2,14,15). The molecule has 0 saturated carbocycles. The van der Waals surface area contributed by atoms with E-state index in [9.17, 15) is 0 Å². The third-order valence-corrected chi connectivity index (χ3v) is 3.65. The summed E-state index contributed by atoms with van der Waals surface area (Å²) in [5.74, 6) is 1.14. The fourth-order valence-corrected chi connectivity index (χ4v) is 2.66. The molecule has 1 aromatic carbocycles. The normalized spacial score (nSPS) is 10.3. The average Bonchev–Trinajstić information content (AvgIpc) is 2.78. The number of anilines is 2. The van der Waals surface area contributed by atoms with Gasteiger partial charge >= 0.3 is 0 Å². The van der Waals surface area contributed by atoms with Crippen molar-refractivity contribution in [2.75, 3.05) is 24.3 Å². The molecule has 0 atom stereocenters. The second kappa shape index (κ2) is 5.73. The van der Waals surface area contributed by atoms with Crippen LogP contribution in [0.5, 0.6) is 5.75 Å². The van der Waals surface area contributed by atoms with Crippen LogP contribution in [-0.2, 0) is 6.54 Å². The van der Waals surface area contributed by atoms with Crippen molar-refractivity contribution in [3.8, 4) is 5.75 Å². The maximum Gasteiger partial charge on any atom is 0.197 e. The fourth-order valence-electron chi connectivity index (χ4n) is 1.81. The molecule has 0 bridgehead atoms. The Morgan fingerprint density at radius 1 is 1.33 bits per heavy atom. The molecule has 0 aliphatic rings. The monoisotopic (exact) mass is 263 g/mol. The predicted molar refractivity (Wildman–Crippen MR) is 76.2 cm³/mol. The van der Waals surface area contributed by atoms with Gasteiger partial charge in [0.25, 0.3) is 0 Å².